The van der Waals surface area contributed by atoms with E-state index in [1.807, 2.05) is 0 Å². The summed E-state index contributed by atoms with van der Waals surface area (Å²) in [7, 11) is 0. The maximum absolute atomic E-state index is 10.3. The minimum absolute atomic E-state index is 0.856. The quantitative estimate of drug-likeness (QED) is 0.350. The average molecular weight is 308 g/mol. The normalized spacial score (nSPS) is 13.8. The molecule has 0 saturated carbocycles. The number of hydrogen-bond donors (Lipinski definition) is 5. The van der Waals surface area contributed by atoms with Crippen molar-refractivity contribution in [2.45, 2.75) is 16.5 Å². The first kappa shape index (κ1) is 12.5. The van der Waals surface area contributed by atoms with Gasteiger partial charge in [-0.05, 0) is 0 Å². The zero-order valence-corrected chi connectivity index (χ0v) is 9.69. The molecule has 5 N–H and O–H groups in total. The van der Waals surface area contributed by atoms with Crippen molar-refractivity contribution in [1.82, 2.24) is 0 Å². The third-order valence-corrected chi connectivity index (χ3v) is 4.66. The van der Waals surface area contributed by atoms with Crippen molar-refractivity contribution in [2.75, 3.05) is 0 Å². The molecule has 12 heavy (non-hydrogen) atoms. The molecule has 9 heteroatoms. The molecule has 74 valence electrons. The van der Waals surface area contributed by atoms with Crippen LogP contribution in [0.4, 0.5) is 0 Å². The first-order valence-corrected chi connectivity index (χ1v) is 10.4. The summed E-state index contributed by atoms with van der Waals surface area (Å²) in [5.41, 5.74) is 0. The molecule has 0 fully saturated rings. The summed E-state index contributed by atoms with van der Waals surface area (Å²) in [4.78, 5) is 0. The van der Waals surface area contributed by atoms with Gasteiger partial charge in [0.05, 0.1) is 0 Å². The van der Waals surface area contributed by atoms with E-state index in [0.29, 0.717) is 0 Å². The van der Waals surface area contributed by atoms with Crippen LogP contribution in [0.5, 0.6) is 0 Å². The molecule has 0 aromatic carbocycles. The fourth-order valence-electron chi connectivity index (χ4n) is 0.607. The molecule has 0 aliphatic carbocycles. The van der Waals surface area contributed by atoms with Crippen molar-refractivity contribution in [1.29, 1.82) is 0 Å². The van der Waals surface area contributed by atoms with Gasteiger partial charge in [-0.15, -0.1) is 0 Å². The Kier molecular flexibility index (Phi) is 4.33. The van der Waals surface area contributed by atoms with Crippen molar-refractivity contribution in [3.63, 3.8) is 0 Å². The molecule has 0 heterocycles. The second-order valence-electron chi connectivity index (χ2n) is 2.35. The van der Waals surface area contributed by atoms with E-state index in [1.54, 1.807) is 0 Å². The van der Waals surface area contributed by atoms with Crippen LogP contribution in [0.15, 0.2) is 0 Å². The van der Waals surface area contributed by atoms with Gasteiger partial charge in [-0.25, -0.2) is 0 Å². The molecular formula is C3H10As2O7. The van der Waals surface area contributed by atoms with E-state index in [0.717, 1.165) is 0 Å². The van der Waals surface area contributed by atoms with Gasteiger partial charge in [0, 0.05) is 0 Å². The van der Waals surface area contributed by atoms with Gasteiger partial charge in [-0.2, -0.15) is 0 Å². The second kappa shape index (κ2) is 4.15. The van der Waals surface area contributed by atoms with Crippen molar-refractivity contribution in [3.8, 4) is 0 Å². The summed E-state index contributed by atoms with van der Waals surface area (Å²) in [6, 6.07) is 0. The van der Waals surface area contributed by atoms with Gasteiger partial charge in [0.25, 0.3) is 0 Å². The molecule has 0 aromatic heterocycles. The van der Waals surface area contributed by atoms with Crippen molar-refractivity contribution in [3.05, 3.63) is 0 Å². The van der Waals surface area contributed by atoms with Crippen molar-refractivity contribution < 1.29 is 29.0 Å². The van der Waals surface area contributed by atoms with Crippen LogP contribution in [-0.4, -0.2) is 55.9 Å². The van der Waals surface area contributed by atoms with Crippen LogP contribution in [0.1, 0.15) is 0 Å². The Balaban J connectivity index is 4.00. The van der Waals surface area contributed by atoms with Gasteiger partial charge in [-0.3, -0.25) is 0 Å². The Labute approximate surface area is 74.0 Å². The van der Waals surface area contributed by atoms with Crippen LogP contribution in [-0.2, 0) is 7.48 Å². The van der Waals surface area contributed by atoms with Crippen molar-refractivity contribution in [2.24, 2.45) is 0 Å². The topological polar surface area (TPSA) is 135 Å². The third kappa shape index (κ3) is 8.61. The summed E-state index contributed by atoms with van der Waals surface area (Å²) in [6.07, 6.45) is -1.62. The molecule has 0 atom stereocenters. The van der Waals surface area contributed by atoms with Gasteiger partial charge in [-0.1, -0.05) is 0 Å². The fourth-order valence-corrected chi connectivity index (χ4v) is 4.41. The molecule has 0 rings (SSSR count). The average Bonchev–Trinajstić information content (AvgIpc) is 1.49. The second-order valence-corrected chi connectivity index (χ2v) is 9.46. The molecule has 0 amide bonds. The number of aliphatic hydroxyl groups excluding tert-OH is 1. The SMILES string of the molecule is O=[As](O)(O)CC(O)C[As](=O)(O)O. The Morgan fingerprint density at radius 2 is 1.17 bits per heavy atom. The standard InChI is InChI=1S/C3H10As2O7/c6-3(1-4(7,8)9)2-5(10,11)12/h3,6H,1-2H2,(H2,7,8,9)(H2,10,11,12). The van der Waals surface area contributed by atoms with Crippen LogP contribution in [0.2, 0.25) is 10.4 Å². The predicted molar refractivity (Wildman–Crippen MR) is 37.4 cm³/mol. The molecule has 7 nitrogen and oxygen atoms in total. The summed E-state index contributed by atoms with van der Waals surface area (Å²) in [5.74, 6) is 0. The van der Waals surface area contributed by atoms with Crippen LogP contribution in [0.25, 0.3) is 0 Å². The van der Waals surface area contributed by atoms with Crippen LogP contribution < -0.4 is 0 Å². The van der Waals surface area contributed by atoms with E-state index in [-0.39, 0.29) is 0 Å². The molecule has 0 aromatic rings. The van der Waals surface area contributed by atoms with Gasteiger partial charge in [0.15, 0.2) is 0 Å². The fraction of sp³-hybridized carbons (Fsp3) is 1.00. The van der Waals surface area contributed by atoms with E-state index in [9.17, 15) is 7.48 Å². The zero-order valence-electron chi connectivity index (χ0n) is 5.94. The van der Waals surface area contributed by atoms with E-state index < -0.39 is 44.9 Å². The van der Waals surface area contributed by atoms with E-state index in [4.69, 9.17) is 21.5 Å². The van der Waals surface area contributed by atoms with Gasteiger partial charge < -0.3 is 0 Å². The van der Waals surface area contributed by atoms with E-state index in [2.05, 4.69) is 0 Å². The molecule has 0 spiro atoms. The first-order valence-electron chi connectivity index (χ1n) is 2.87. The Hall–Kier alpha value is 0.517. The molecule has 0 radical (unpaired) electrons. The van der Waals surface area contributed by atoms with Gasteiger partial charge in [0.1, 0.15) is 0 Å². The zero-order chi connectivity index (χ0) is 9.99. The minimum atomic E-state index is -4.96. The molecule has 0 aliphatic heterocycles. The Morgan fingerprint density at radius 3 is 1.33 bits per heavy atom. The molecule has 0 aliphatic rings. The summed E-state index contributed by atoms with van der Waals surface area (Å²) in [5, 5.41) is 7.05. The number of aliphatic hydroxyl groups is 1. The number of hydrogen-bond acceptors (Lipinski definition) is 3. The summed E-state index contributed by atoms with van der Waals surface area (Å²) in [6.45, 7) is 0. The van der Waals surface area contributed by atoms with Crippen LogP contribution in [0, 0.1) is 0 Å². The van der Waals surface area contributed by atoms with E-state index >= 15 is 0 Å². The van der Waals surface area contributed by atoms with Gasteiger partial charge in [0.2, 0.25) is 0 Å². The number of rotatable bonds is 4. The first-order chi connectivity index (χ1) is 5.10. The molecule has 0 bridgehead atoms. The summed E-state index contributed by atoms with van der Waals surface area (Å²) >= 11 is -9.93. The Bertz CT molecular complexity index is 201. The van der Waals surface area contributed by atoms with Crippen LogP contribution >= 0.6 is 0 Å². The maximum atomic E-state index is 10.3. The van der Waals surface area contributed by atoms with Crippen molar-refractivity contribution >= 4 is 28.3 Å². The van der Waals surface area contributed by atoms with Gasteiger partial charge >= 0.3 is 73.8 Å². The molecular weight excluding hydrogens is 298 g/mol. The van der Waals surface area contributed by atoms with Crippen LogP contribution in [0.3, 0.4) is 0 Å². The predicted octanol–water partition coefficient (Wildman–Crippen LogP) is -2.94. The molecule has 0 unspecified atom stereocenters. The van der Waals surface area contributed by atoms with E-state index in [1.165, 1.54) is 0 Å². The monoisotopic (exact) mass is 308 g/mol. The molecule has 0 saturated heterocycles. The Morgan fingerprint density at radius 1 is 0.917 bits per heavy atom. The summed E-state index contributed by atoms with van der Waals surface area (Å²) < 4.78 is 54.0. The third-order valence-electron chi connectivity index (χ3n) is 0.897.